The van der Waals surface area contributed by atoms with Crippen LogP contribution < -0.4 is 10.1 Å². The number of benzene rings is 2. The van der Waals surface area contributed by atoms with Crippen LogP contribution in [-0.4, -0.2) is 20.7 Å². The molecule has 0 aliphatic rings. The van der Waals surface area contributed by atoms with Crippen molar-refractivity contribution in [2.24, 2.45) is 0 Å². The Morgan fingerprint density at radius 1 is 1.11 bits per heavy atom. The Hall–Kier alpha value is -1.68. The second-order valence-corrected chi connectivity index (χ2v) is 4.49. The predicted molar refractivity (Wildman–Crippen MR) is 72.9 cm³/mol. The van der Waals surface area contributed by atoms with E-state index in [1.54, 1.807) is 38.4 Å². The van der Waals surface area contributed by atoms with Gasteiger partial charge in [-0.15, -0.1) is 0 Å². The molecule has 102 valence electrons. The summed E-state index contributed by atoms with van der Waals surface area (Å²) in [6, 6.07) is 10.1. The van der Waals surface area contributed by atoms with Gasteiger partial charge < -0.3 is 10.1 Å². The van der Waals surface area contributed by atoms with Crippen molar-refractivity contribution in [3.63, 3.8) is 0 Å². The van der Waals surface area contributed by atoms with Gasteiger partial charge in [0.2, 0.25) is 0 Å². The molecule has 1 N–H and O–H groups in total. The van der Waals surface area contributed by atoms with Crippen LogP contribution in [0.3, 0.4) is 0 Å². The minimum absolute atomic E-state index is 0.0559. The van der Waals surface area contributed by atoms with Crippen molar-refractivity contribution in [2.75, 3.05) is 20.7 Å². The van der Waals surface area contributed by atoms with Gasteiger partial charge in [0.25, 0.3) is 5.92 Å². The third-order valence-corrected chi connectivity index (χ3v) is 3.16. The third-order valence-electron chi connectivity index (χ3n) is 3.16. The lowest BCUT2D eigenvalue weighted by Crippen LogP contribution is -2.20. The number of alkyl halides is 2. The average Bonchev–Trinajstić information content (AvgIpc) is 2.44. The molecule has 0 radical (unpaired) electrons. The van der Waals surface area contributed by atoms with Gasteiger partial charge in [0.1, 0.15) is 5.75 Å². The van der Waals surface area contributed by atoms with Gasteiger partial charge in [0, 0.05) is 18.5 Å². The molecule has 2 rings (SSSR count). The van der Waals surface area contributed by atoms with Crippen molar-refractivity contribution in [1.29, 1.82) is 0 Å². The number of fused-ring (bicyclic) bond motifs is 1. The molecule has 0 heterocycles. The minimum Gasteiger partial charge on any atom is -0.497 e. The summed E-state index contributed by atoms with van der Waals surface area (Å²) in [6.45, 7) is 0.285. The largest absolute Gasteiger partial charge is 0.497 e. The van der Waals surface area contributed by atoms with Crippen LogP contribution in [0.5, 0.6) is 5.75 Å². The van der Waals surface area contributed by atoms with Crippen LogP contribution >= 0.6 is 0 Å². The molecular formula is C15H17F2NO. The molecule has 0 bridgehead atoms. The van der Waals surface area contributed by atoms with Crippen LogP contribution in [0.4, 0.5) is 8.78 Å². The van der Waals surface area contributed by atoms with Crippen molar-refractivity contribution in [3.8, 4) is 5.75 Å². The Morgan fingerprint density at radius 3 is 2.47 bits per heavy atom. The van der Waals surface area contributed by atoms with Crippen LogP contribution in [0, 0.1) is 0 Å². The molecule has 2 aromatic rings. The van der Waals surface area contributed by atoms with E-state index >= 15 is 0 Å². The van der Waals surface area contributed by atoms with Crippen LogP contribution in [0.25, 0.3) is 10.8 Å². The van der Waals surface area contributed by atoms with Gasteiger partial charge >= 0.3 is 0 Å². The highest BCUT2D eigenvalue weighted by Gasteiger charge is 2.30. The number of hydrogen-bond donors (Lipinski definition) is 1. The molecule has 0 aliphatic heterocycles. The summed E-state index contributed by atoms with van der Waals surface area (Å²) in [7, 11) is 3.25. The van der Waals surface area contributed by atoms with Crippen molar-refractivity contribution in [2.45, 2.75) is 12.3 Å². The lowest BCUT2D eigenvalue weighted by atomic mass is 10.0. The second-order valence-electron chi connectivity index (χ2n) is 4.49. The number of hydrogen-bond acceptors (Lipinski definition) is 2. The normalized spacial score (nSPS) is 11.8. The first-order valence-electron chi connectivity index (χ1n) is 6.17. The number of halogens is 2. The van der Waals surface area contributed by atoms with Crippen LogP contribution in [0.15, 0.2) is 36.4 Å². The van der Waals surface area contributed by atoms with Gasteiger partial charge in [0.15, 0.2) is 0 Å². The molecule has 0 aromatic heterocycles. The molecule has 0 saturated carbocycles. The minimum atomic E-state index is -2.81. The number of nitrogens with one attached hydrogen (secondary N) is 1. The van der Waals surface area contributed by atoms with Crippen molar-refractivity contribution < 1.29 is 13.5 Å². The molecule has 0 spiro atoms. The van der Waals surface area contributed by atoms with E-state index in [0.29, 0.717) is 0 Å². The van der Waals surface area contributed by atoms with E-state index in [9.17, 15) is 8.78 Å². The van der Waals surface area contributed by atoms with E-state index in [0.717, 1.165) is 16.5 Å². The summed E-state index contributed by atoms with van der Waals surface area (Å²) < 4.78 is 33.0. The number of methoxy groups -OCH3 is 1. The molecule has 2 aromatic carbocycles. The predicted octanol–water partition coefficient (Wildman–Crippen LogP) is 3.55. The number of ether oxygens (including phenoxy) is 1. The zero-order valence-corrected chi connectivity index (χ0v) is 11.0. The topological polar surface area (TPSA) is 21.3 Å². The maximum absolute atomic E-state index is 14.0. The lowest BCUT2D eigenvalue weighted by molar-refractivity contribution is -0.0122. The van der Waals surface area contributed by atoms with E-state index in [-0.39, 0.29) is 18.5 Å². The summed E-state index contributed by atoms with van der Waals surface area (Å²) in [4.78, 5) is 0. The van der Waals surface area contributed by atoms with E-state index in [4.69, 9.17) is 4.74 Å². The second kappa shape index (κ2) is 5.53. The molecule has 0 amide bonds. The fourth-order valence-electron chi connectivity index (χ4n) is 2.00. The van der Waals surface area contributed by atoms with Crippen LogP contribution in [0.2, 0.25) is 0 Å². The summed E-state index contributed by atoms with van der Waals surface area (Å²) in [5.74, 6) is -2.08. The highest BCUT2D eigenvalue weighted by molar-refractivity contribution is 5.84. The molecule has 0 fully saturated rings. The average molecular weight is 265 g/mol. The standard InChI is InChI=1S/C15H17F2NO/c1-18-8-7-15(16,17)13-5-3-12-10-14(19-2)6-4-11(12)9-13/h3-6,9-10,18H,7-8H2,1-2H3. The maximum atomic E-state index is 14.0. The van der Waals surface area contributed by atoms with E-state index in [1.807, 2.05) is 6.07 Å². The molecule has 19 heavy (non-hydrogen) atoms. The molecule has 2 nitrogen and oxygen atoms in total. The van der Waals surface area contributed by atoms with Gasteiger partial charge in [-0.05, 0) is 36.0 Å². The zero-order chi connectivity index (χ0) is 13.9. The third kappa shape index (κ3) is 3.01. The lowest BCUT2D eigenvalue weighted by Gasteiger charge is -2.17. The van der Waals surface area contributed by atoms with Crippen molar-refractivity contribution >= 4 is 10.8 Å². The first kappa shape index (κ1) is 13.7. The SMILES string of the molecule is CNCCC(F)(F)c1ccc2cc(OC)ccc2c1. The number of rotatable bonds is 5. The summed E-state index contributed by atoms with van der Waals surface area (Å²) in [6.07, 6.45) is -0.203. The van der Waals surface area contributed by atoms with Gasteiger partial charge in [-0.25, -0.2) is 8.78 Å². The van der Waals surface area contributed by atoms with E-state index < -0.39 is 5.92 Å². The first-order chi connectivity index (χ1) is 9.06. The summed E-state index contributed by atoms with van der Waals surface area (Å²) in [5.41, 5.74) is 0.0559. The molecule has 4 heteroatoms. The molecule has 0 atom stereocenters. The van der Waals surface area contributed by atoms with E-state index in [2.05, 4.69) is 5.32 Å². The summed E-state index contributed by atoms with van der Waals surface area (Å²) >= 11 is 0. The maximum Gasteiger partial charge on any atom is 0.274 e. The Morgan fingerprint density at radius 2 is 1.79 bits per heavy atom. The molecular weight excluding hydrogens is 248 g/mol. The van der Waals surface area contributed by atoms with Crippen LogP contribution in [0.1, 0.15) is 12.0 Å². The molecule has 0 unspecified atom stereocenters. The fourth-order valence-corrected chi connectivity index (χ4v) is 2.00. The molecule has 0 aliphatic carbocycles. The van der Waals surface area contributed by atoms with Crippen molar-refractivity contribution in [3.05, 3.63) is 42.0 Å². The quantitative estimate of drug-likeness (QED) is 0.892. The van der Waals surface area contributed by atoms with Gasteiger partial charge in [-0.3, -0.25) is 0 Å². The van der Waals surface area contributed by atoms with Crippen LogP contribution in [-0.2, 0) is 5.92 Å². The van der Waals surface area contributed by atoms with Gasteiger partial charge in [0.05, 0.1) is 7.11 Å². The monoisotopic (exact) mass is 265 g/mol. The highest BCUT2D eigenvalue weighted by Crippen LogP contribution is 2.33. The Balaban J connectivity index is 2.36. The first-order valence-corrected chi connectivity index (χ1v) is 6.17. The van der Waals surface area contributed by atoms with Gasteiger partial charge in [-0.1, -0.05) is 18.2 Å². The smallest absolute Gasteiger partial charge is 0.274 e. The highest BCUT2D eigenvalue weighted by atomic mass is 19.3. The summed E-state index contributed by atoms with van der Waals surface area (Å²) in [5, 5.41) is 4.44. The molecule has 0 saturated heterocycles. The van der Waals surface area contributed by atoms with E-state index in [1.165, 1.54) is 6.07 Å². The fraction of sp³-hybridized carbons (Fsp3) is 0.333. The Bertz CT molecular complexity index is 569. The Kier molecular flexibility index (Phi) is 4.00. The zero-order valence-electron chi connectivity index (χ0n) is 11.0. The Labute approximate surface area is 111 Å². The van der Waals surface area contributed by atoms with Crippen molar-refractivity contribution in [1.82, 2.24) is 5.32 Å². The van der Waals surface area contributed by atoms with Gasteiger partial charge in [-0.2, -0.15) is 0 Å².